The van der Waals surface area contributed by atoms with Gasteiger partial charge in [-0.3, -0.25) is 9.69 Å². The predicted octanol–water partition coefficient (Wildman–Crippen LogP) is 3.56. The molecule has 1 aliphatic heterocycles. The molecule has 4 nitrogen and oxygen atoms in total. The third-order valence-corrected chi connectivity index (χ3v) is 5.48. The van der Waals surface area contributed by atoms with Crippen molar-refractivity contribution in [1.82, 2.24) is 9.80 Å². The van der Waals surface area contributed by atoms with E-state index in [0.29, 0.717) is 19.0 Å². The Labute approximate surface area is 154 Å². The van der Waals surface area contributed by atoms with Crippen molar-refractivity contribution in [2.24, 2.45) is 11.8 Å². The summed E-state index contributed by atoms with van der Waals surface area (Å²) >= 11 is 0. The summed E-state index contributed by atoms with van der Waals surface area (Å²) in [5, 5.41) is 0. The average molecular weight is 366 g/mol. The zero-order valence-electron chi connectivity index (χ0n) is 15.8. The molecular formula is C20H28F2N2O2. The first-order chi connectivity index (χ1) is 12.4. The number of benzene rings is 1. The van der Waals surface area contributed by atoms with E-state index in [1.807, 2.05) is 0 Å². The van der Waals surface area contributed by atoms with E-state index in [1.165, 1.54) is 26.0 Å². The molecule has 0 N–H and O–H groups in total. The number of nitrogens with zero attached hydrogens (tertiary/aromatic N) is 2. The molecule has 1 atom stereocenters. The maximum atomic E-state index is 14.5. The van der Waals surface area contributed by atoms with Crippen LogP contribution in [0.2, 0.25) is 0 Å². The van der Waals surface area contributed by atoms with Gasteiger partial charge in [0.25, 0.3) is 5.91 Å². The minimum Gasteiger partial charge on any atom is -0.491 e. The molecule has 6 heteroatoms. The van der Waals surface area contributed by atoms with E-state index in [9.17, 15) is 13.6 Å². The Morgan fingerprint density at radius 1 is 1.27 bits per heavy atom. The van der Waals surface area contributed by atoms with E-state index in [4.69, 9.17) is 4.74 Å². The Hall–Kier alpha value is -1.69. The minimum atomic E-state index is -0.919. The second-order valence-electron chi connectivity index (χ2n) is 7.80. The van der Waals surface area contributed by atoms with Gasteiger partial charge < -0.3 is 9.64 Å². The summed E-state index contributed by atoms with van der Waals surface area (Å²) in [6.07, 6.45) is 3.46. The summed E-state index contributed by atoms with van der Waals surface area (Å²) < 4.78 is 33.0. The Kier molecular flexibility index (Phi) is 5.80. The first-order valence-electron chi connectivity index (χ1n) is 9.47. The van der Waals surface area contributed by atoms with Crippen LogP contribution in [0, 0.1) is 23.5 Å². The molecule has 0 aromatic heterocycles. The molecular weight excluding hydrogens is 338 g/mol. The fourth-order valence-electron chi connectivity index (χ4n) is 3.79. The van der Waals surface area contributed by atoms with Crippen molar-refractivity contribution in [1.29, 1.82) is 0 Å². The summed E-state index contributed by atoms with van der Waals surface area (Å²) in [7, 11) is 1.20. The van der Waals surface area contributed by atoms with Crippen LogP contribution in [-0.2, 0) is 0 Å². The van der Waals surface area contributed by atoms with Crippen molar-refractivity contribution in [2.75, 3.05) is 33.3 Å². The zero-order valence-corrected chi connectivity index (χ0v) is 15.8. The van der Waals surface area contributed by atoms with Gasteiger partial charge in [0, 0.05) is 32.2 Å². The van der Waals surface area contributed by atoms with Crippen molar-refractivity contribution < 1.29 is 18.3 Å². The number of methoxy groups -OCH3 is 1. The number of hydrogen-bond acceptors (Lipinski definition) is 3. The molecule has 0 bridgehead atoms. The van der Waals surface area contributed by atoms with Gasteiger partial charge in [-0.2, -0.15) is 0 Å². The second-order valence-corrected chi connectivity index (χ2v) is 7.80. The van der Waals surface area contributed by atoms with Crippen LogP contribution in [0.1, 0.15) is 43.5 Å². The van der Waals surface area contributed by atoms with Crippen LogP contribution < -0.4 is 4.74 Å². The highest BCUT2D eigenvalue weighted by atomic mass is 19.1. The van der Waals surface area contributed by atoms with Crippen molar-refractivity contribution >= 4 is 5.91 Å². The number of carbonyl (C=O) groups is 1. The van der Waals surface area contributed by atoms with Crippen LogP contribution in [-0.4, -0.2) is 55.0 Å². The first-order valence-corrected chi connectivity index (χ1v) is 9.47. The van der Waals surface area contributed by atoms with Crippen LogP contribution in [0.4, 0.5) is 8.78 Å². The lowest BCUT2D eigenvalue weighted by Crippen LogP contribution is -2.46. The number of amides is 1. The Bertz CT molecular complexity index is 661. The first kappa shape index (κ1) is 19.1. The van der Waals surface area contributed by atoms with E-state index in [0.717, 1.165) is 31.5 Å². The van der Waals surface area contributed by atoms with Gasteiger partial charge in [0.1, 0.15) is 0 Å². The Balaban J connectivity index is 1.80. The molecule has 1 saturated heterocycles. The lowest BCUT2D eigenvalue weighted by molar-refractivity contribution is 0.0699. The van der Waals surface area contributed by atoms with Gasteiger partial charge >= 0.3 is 0 Å². The highest BCUT2D eigenvalue weighted by Crippen LogP contribution is 2.32. The quantitative estimate of drug-likeness (QED) is 0.799. The van der Waals surface area contributed by atoms with Crippen LogP contribution in [0.5, 0.6) is 5.75 Å². The summed E-state index contributed by atoms with van der Waals surface area (Å²) in [6.45, 7) is 7.53. The standard InChI is InChI=1S/C20H28F2N2O2/c1-13(2)17-12-24(10-4-9-23(17)11-14-5-6-14)20(25)15-7-8-16(21)19(26-3)18(15)22/h7-8,13-14,17H,4-6,9-12H2,1-3H3/t17-/m0/s1. The average Bonchev–Trinajstić information content (AvgIpc) is 3.42. The van der Waals surface area contributed by atoms with Gasteiger partial charge in [-0.25, -0.2) is 8.78 Å². The highest BCUT2D eigenvalue weighted by molar-refractivity contribution is 5.95. The van der Waals surface area contributed by atoms with E-state index in [1.54, 1.807) is 4.90 Å². The van der Waals surface area contributed by atoms with Gasteiger partial charge in [-0.05, 0) is 43.2 Å². The number of halogens is 2. The van der Waals surface area contributed by atoms with Crippen molar-refractivity contribution in [2.45, 2.75) is 39.2 Å². The molecule has 0 spiro atoms. The summed E-state index contributed by atoms with van der Waals surface area (Å²) in [4.78, 5) is 17.2. The van der Waals surface area contributed by atoms with Crippen LogP contribution in [0.15, 0.2) is 12.1 Å². The number of ether oxygens (including phenoxy) is 1. The van der Waals surface area contributed by atoms with Gasteiger partial charge in [-0.15, -0.1) is 0 Å². The van der Waals surface area contributed by atoms with Crippen molar-refractivity contribution in [3.63, 3.8) is 0 Å². The molecule has 26 heavy (non-hydrogen) atoms. The number of hydrogen-bond donors (Lipinski definition) is 0. The largest absolute Gasteiger partial charge is 0.491 e. The van der Waals surface area contributed by atoms with Crippen molar-refractivity contribution in [3.05, 3.63) is 29.3 Å². The highest BCUT2D eigenvalue weighted by Gasteiger charge is 2.34. The second kappa shape index (κ2) is 7.91. The lowest BCUT2D eigenvalue weighted by Gasteiger charge is -2.34. The van der Waals surface area contributed by atoms with E-state index < -0.39 is 17.4 Å². The SMILES string of the molecule is COc1c(F)ccc(C(=O)N2CCCN(CC3CC3)[C@H](C(C)C)C2)c1F. The maximum absolute atomic E-state index is 14.5. The van der Waals surface area contributed by atoms with Crippen LogP contribution in [0.3, 0.4) is 0 Å². The van der Waals surface area contributed by atoms with Crippen LogP contribution in [0.25, 0.3) is 0 Å². The Morgan fingerprint density at radius 2 is 2.00 bits per heavy atom. The molecule has 1 saturated carbocycles. The molecule has 1 aliphatic carbocycles. The van der Waals surface area contributed by atoms with E-state index in [2.05, 4.69) is 18.7 Å². The fourth-order valence-corrected chi connectivity index (χ4v) is 3.79. The summed E-state index contributed by atoms with van der Waals surface area (Å²) in [5.41, 5.74) is -0.124. The minimum absolute atomic E-state index is 0.124. The van der Waals surface area contributed by atoms with Crippen molar-refractivity contribution in [3.8, 4) is 5.75 Å². The molecule has 0 unspecified atom stereocenters. The third-order valence-electron chi connectivity index (χ3n) is 5.48. The Morgan fingerprint density at radius 3 is 2.62 bits per heavy atom. The van der Waals surface area contributed by atoms with E-state index in [-0.39, 0.29) is 17.5 Å². The summed E-state index contributed by atoms with van der Waals surface area (Å²) in [5.74, 6) is -1.42. The smallest absolute Gasteiger partial charge is 0.257 e. The number of rotatable bonds is 5. The molecule has 1 amide bonds. The van der Waals surface area contributed by atoms with Crippen LogP contribution >= 0.6 is 0 Å². The molecule has 2 fully saturated rings. The van der Waals surface area contributed by atoms with E-state index >= 15 is 0 Å². The number of carbonyl (C=O) groups excluding carboxylic acids is 1. The fraction of sp³-hybridized carbons (Fsp3) is 0.650. The predicted molar refractivity (Wildman–Crippen MR) is 96.4 cm³/mol. The molecule has 144 valence electrons. The molecule has 2 aliphatic rings. The maximum Gasteiger partial charge on any atom is 0.257 e. The van der Waals surface area contributed by atoms with Gasteiger partial charge in [-0.1, -0.05) is 13.8 Å². The normalized spacial score (nSPS) is 21.8. The third kappa shape index (κ3) is 4.00. The molecule has 1 aromatic rings. The monoisotopic (exact) mass is 366 g/mol. The molecule has 0 radical (unpaired) electrons. The molecule has 1 aromatic carbocycles. The summed E-state index contributed by atoms with van der Waals surface area (Å²) in [6, 6.07) is 2.56. The van der Waals surface area contributed by atoms with Gasteiger partial charge in [0.15, 0.2) is 17.4 Å². The lowest BCUT2D eigenvalue weighted by atomic mass is 10.0. The molecule has 1 heterocycles. The van der Waals surface area contributed by atoms with Gasteiger partial charge in [0.05, 0.1) is 12.7 Å². The van der Waals surface area contributed by atoms with Gasteiger partial charge in [0.2, 0.25) is 0 Å². The molecule has 3 rings (SSSR count). The zero-order chi connectivity index (χ0) is 18.8. The topological polar surface area (TPSA) is 32.8 Å².